The Kier molecular flexibility index (Phi) is 4.19. The Labute approximate surface area is 119 Å². The summed E-state index contributed by atoms with van der Waals surface area (Å²) in [5.74, 6) is -1.69. The van der Waals surface area contributed by atoms with Crippen molar-refractivity contribution in [1.82, 2.24) is 10.3 Å². The first-order chi connectivity index (χ1) is 9.76. The first-order valence-electron chi connectivity index (χ1n) is 5.97. The van der Waals surface area contributed by atoms with Gasteiger partial charge in [0.15, 0.2) is 0 Å². The van der Waals surface area contributed by atoms with Crippen LogP contribution in [0, 0.1) is 5.82 Å². The van der Waals surface area contributed by atoms with Crippen molar-refractivity contribution in [3.63, 3.8) is 0 Å². The summed E-state index contributed by atoms with van der Waals surface area (Å²) in [7, 11) is -4.23. The summed E-state index contributed by atoms with van der Waals surface area (Å²) < 4.78 is 43.6. The third-order valence-electron chi connectivity index (χ3n) is 2.85. The Morgan fingerprint density at radius 1 is 1.43 bits per heavy atom. The average molecular weight is 317 g/mol. The normalized spacial score (nSPS) is 16.0. The first-order valence-corrected chi connectivity index (χ1v) is 7.58. The van der Waals surface area contributed by atoms with Crippen LogP contribution in [0.4, 0.5) is 15.0 Å². The molecule has 3 amide bonds. The molecule has 1 aliphatic heterocycles. The number of aromatic nitrogens is 1. The van der Waals surface area contributed by atoms with E-state index in [0.717, 1.165) is 17.2 Å². The lowest BCUT2D eigenvalue weighted by atomic mass is 10.1. The van der Waals surface area contributed by atoms with Crippen LogP contribution in [-0.2, 0) is 21.3 Å². The summed E-state index contributed by atoms with van der Waals surface area (Å²) >= 11 is 0. The van der Waals surface area contributed by atoms with E-state index in [4.69, 9.17) is 4.55 Å². The first kappa shape index (κ1) is 15.3. The monoisotopic (exact) mass is 317 g/mol. The van der Waals surface area contributed by atoms with Crippen molar-refractivity contribution in [3.8, 4) is 0 Å². The molecule has 2 N–H and O–H groups in total. The number of anilines is 1. The highest BCUT2D eigenvalue weighted by molar-refractivity contribution is 7.85. The number of amides is 3. The Morgan fingerprint density at radius 2 is 2.14 bits per heavy atom. The van der Waals surface area contributed by atoms with Crippen LogP contribution in [0.5, 0.6) is 0 Å². The van der Waals surface area contributed by atoms with E-state index in [0.29, 0.717) is 0 Å². The maximum absolute atomic E-state index is 13.2. The van der Waals surface area contributed by atoms with Crippen LogP contribution in [0.25, 0.3) is 0 Å². The van der Waals surface area contributed by atoms with Crippen molar-refractivity contribution in [1.29, 1.82) is 0 Å². The van der Waals surface area contributed by atoms with Crippen LogP contribution in [0.1, 0.15) is 12.0 Å². The summed E-state index contributed by atoms with van der Waals surface area (Å²) in [6, 6.07) is 0.329. The topological polar surface area (TPSA) is 117 Å². The zero-order valence-electron chi connectivity index (χ0n) is 10.7. The second kappa shape index (κ2) is 5.74. The van der Waals surface area contributed by atoms with Crippen molar-refractivity contribution >= 4 is 27.9 Å². The molecule has 2 rings (SSSR count). The molecule has 0 spiro atoms. The van der Waals surface area contributed by atoms with Gasteiger partial charge >= 0.3 is 6.03 Å². The largest absolute Gasteiger partial charge is 0.329 e. The number of pyridine rings is 1. The third kappa shape index (κ3) is 3.95. The number of halogens is 1. The van der Waals surface area contributed by atoms with Crippen LogP contribution < -0.4 is 10.2 Å². The van der Waals surface area contributed by atoms with Gasteiger partial charge in [-0.25, -0.2) is 14.2 Å². The predicted octanol–water partition coefficient (Wildman–Crippen LogP) is 0.0973. The highest BCUT2D eigenvalue weighted by Gasteiger charge is 2.27. The highest BCUT2D eigenvalue weighted by atomic mass is 32.2. The molecule has 0 radical (unpaired) electrons. The number of carbonyl (C=O) groups excluding carboxylic acids is 2. The number of urea groups is 1. The molecule has 0 atom stereocenters. The standard InChI is InChI=1S/C11H12FN3O5S/c12-8-5-7(2-4-21(18,19)20)10(13-6-8)15-3-1-9(16)14-11(15)17/h5-6H,1-4H2,(H,14,16,17)(H,18,19,20). The molecule has 1 fully saturated rings. The van der Waals surface area contributed by atoms with Crippen molar-refractivity contribution in [2.24, 2.45) is 0 Å². The average Bonchev–Trinajstić information content (AvgIpc) is 2.36. The number of carbonyl (C=O) groups is 2. The lowest BCUT2D eigenvalue weighted by molar-refractivity contribution is -0.120. The number of rotatable bonds is 4. The molecule has 1 aliphatic rings. The second-order valence-corrected chi connectivity index (χ2v) is 6.00. The molecular formula is C11H12FN3O5S. The van der Waals surface area contributed by atoms with E-state index < -0.39 is 33.6 Å². The Bertz CT molecular complexity index is 691. The van der Waals surface area contributed by atoms with Crippen molar-refractivity contribution in [3.05, 3.63) is 23.6 Å². The smallest absolute Gasteiger partial charge is 0.286 e. The minimum Gasteiger partial charge on any atom is -0.286 e. The summed E-state index contributed by atoms with van der Waals surface area (Å²) in [5.41, 5.74) is 0.150. The summed E-state index contributed by atoms with van der Waals surface area (Å²) in [5, 5.41) is 2.09. The molecule has 10 heteroatoms. The van der Waals surface area contributed by atoms with Gasteiger partial charge in [0.05, 0.1) is 11.9 Å². The van der Waals surface area contributed by atoms with Gasteiger partial charge in [0.2, 0.25) is 5.91 Å². The van der Waals surface area contributed by atoms with E-state index >= 15 is 0 Å². The van der Waals surface area contributed by atoms with Gasteiger partial charge < -0.3 is 0 Å². The highest BCUT2D eigenvalue weighted by Crippen LogP contribution is 2.21. The molecule has 8 nitrogen and oxygen atoms in total. The van der Waals surface area contributed by atoms with E-state index in [-0.39, 0.29) is 30.8 Å². The molecule has 0 unspecified atom stereocenters. The molecule has 0 aliphatic carbocycles. The fourth-order valence-electron chi connectivity index (χ4n) is 1.91. The van der Waals surface area contributed by atoms with Gasteiger partial charge in [0.1, 0.15) is 11.6 Å². The summed E-state index contributed by atoms with van der Waals surface area (Å²) in [6.07, 6.45) is 0.731. The molecule has 21 heavy (non-hydrogen) atoms. The molecule has 1 aromatic rings. The van der Waals surface area contributed by atoms with Crippen LogP contribution in [-0.4, -0.2) is 42.2 Å². The van der Waals surface area contributed by atoms with Crippen molar-refractivity contribution in [2.45, 2.75) is 12.8 Å². The fraction of sp³-hybridized carbons (Fsp3) is 0.364. The summed E-state index contributed by atoms with van der Waals surface area (Å²) in [6.45, 7) is 0.0577. The number of nitrogens with zero attached hydrogens (tertiary/aromatic N) is 2. The Balaban J connectivity index is 2.30. The number of hydrogen-bond acceptors (Lipinski definition) is 5. The van der Waals surface area contributed by atoms with E-state index in [2.05, 4.69) is 10.3 Å². The van der Waals surface area contributed by atoms with Crippen LogP contribution in [0.2, 0.25) is 0 Å². The predicted molar refractivity (Wildman–Crippen MR) is 69.8 cm³/mol. The second-order valence-electron chi connectivity index (χ2n) is 4.43. The maximum atomic E-state index is 13.2. The SMILES string of the molecule is O=C1CCN(c2ncc(F)cc2CCS(=O)(=O)O)C(=O)N1. The summed E-state index contributed by atoms with van der Waals surface area (Å²) in [4.78, 5) is 27.7. The molecule has 0 aromatic carbocycles. The van der Waals surface area contributed by atoms with Crippen molar-refractivity contribution in [2.75, 3.05) is 17.2 Å². The van der Waals surface area contributed by atoms with E-state index in [9.17, 15) is 22.4 Å². The number of aryl methyl sites for hydroxylation is 1. The van der Waals surface area contributed by atoms with E-state index in [1.807, 2.05) is 0 Å². The third-order valence-corrected chi connectivity index (χ3v) is 3.57. The number of hydrogen-bond donors (Lipinski definition) is 2. The fourth-order valence-corrected chi connectivity index (χ4v) is 2.38. The number of imide groups is 1. The van der Waals surface area contributed by atoms with Gasteiger partial charge in [0, 0.05) is 13.0 Å². The van der Waals surface area contributed by atoms with Crippen molar-refractivity contribution < 1.29 is 27.0 Å². The number of nitrogens with one attached hydrogen (secondary N) is 1. The van der Waals surface area contributed by atoms with Crippen LogP contribution in [0.3, 0.4) is 0 Å². The Morgan fingerprint density at radius 3 is 2.76 bits per heavy atom. The quantitative estimate of drug-likeness (QED) is 0.761. The van der Waals surface area contributed by atoms with Gasteiger partial charge in [-0.1, -0.05) is 0 Å². The Hall–Kier alpha value is -2.07. The van der Waals surface area contributed by atoms with Gasteiger partial charge in [-0.3, -0.25) is 19.6 Å². The molecule has 0 saturated carbocycles. The lowest BCUT2D eigenvalue weighted by Crippen LogP contribution is -2.50. The molecule has 0 bridgehead atoms. The zero-order valence-corrected chi connectivity index (χ0v) is 11.6. The molecule has 114 valence electrons. The van der Waals surface area contributed by atoms with E-state index in [1.54, 1.807) is 0 Å². The van der Waals surface area contributed by atoms with E-state index in [1.165, 1.54) is 0 Å². The van der Waals surface area contributed by atoms with Gasteiger partial charge in [-0.2, -0.15) is 8.42 Å². The molecule has 2 heterocycles. The minimum atomic E-state index is -4.23. The molecule has 1 aromatic heterocycles. The molecule has 1 saturated heterocycles. The van der Waals surface area contributed by atoms with Gasteiger partial charge in [0.25, 0.3) is 10.1 Å². The van der Waals surface area contributed by atoms with Crippen LogP contribution in [0.15, 0.2) is 12.3 Å². The van der Waals surface area contributed by atoms with Crippen LogP contribution >= 0.6 is 0 Å². The van der Waals surface area contributed by atoms with Gasteiger partial charge in [-0.05, 0) is 18.1 Å². The zero-order chi connectivity index (χ0) is 15.6. The lowest BCUT2D eigenvalue weighted by Gasteiger charge is -2.27. The molecular weight excluding hydrogens is 305 g/mol. The minimum absolute atomic E-state index is 0.0577. The maximum Gasteiger partial charge on any atom is 0.329 e. The van der Waals surface area contributed by atoms with Gasteiger partial charge in [-0.15, -0.1) is 0 Å².